The highest BCUT2D eigenvalue weighted by atomic mass is 79.9. The van der Waals surface area contributed by atoms with Crippen LogP contribution in [0.4, 0.5) is 0 Å². The minimum absolute atomic E-state index is 0.0658. The first kappa shape index (κ1) is 16.3. The first-order valence-corrected chi connectivity index (χ1v) is 7.50. The molecule has 1 rings (SSSR count). The standard InChI is InChI=1S/C16H24BrNO/c1-5-16(4,12-18-13(2)3)9-10-19-15-8-6-7-14(17)11-15/h5-8,11,13,18H,1,9-10,12H2,2-4H3. The lowest BCUT2D eigenvalue weighted by molar-refractivity contribution is 0.241. The molecule has 1 aromatic rings. The van der Waals surface area contributed by atoms with E-state index < -0.39 is 0 Å². The first-order chi connectivity index (χ1) is 8.95. The van der Waals surface area contributed by atoms with Gasteiger partial charge in [-0.05, 0) is 24.6 Å². The molecule has 0 saturated heterocycles. The lowest BCUT2D eigenvalue weighted by atomic mass is 9.87. The van der Waals surface area contributed by atoms with Crippen LogP contribution in [0.5, 0.6) is 5.75 Å². The number of rotatable bonds is 8. The van der Waals surface area contributed by atoms with Crippen LogP contribution < -0.4 is 10.1 Å². The maximum Gasteiger partial charge on any atom is 0.120 e. The van der Waals surface area contributed by atoms with Crippen LogP contribution in [0, 0.1) is 5.41 Å². The lowest BCUT2D eigenvalue weighted by Gasteiger charge is -2.27. The maximum atomic E-state index is 5.79. The average Bonchev–Trinajstić information content (AvgIpc) is 2.36. The van der Waals surface area contributed by atoms with Crippen molar-refractivity contribution in [2.75, 3.05) is 13.2 Å². The van der Waals surface area contributed by atoms with Gasteiger partial charge >= 0.3 is 0 Å². The molecule has 0 aliphatic rings. The summed E-state index contributed by atoms with van der Waals surface area (Å²) in [7, 11) is 0. The van der Waals surface area contributed by atoms with E-state index in [0.717, 1.165) is 23.2 Å². The van der Waals surface area contributed by atoms with E-state index in [4.69, 9.17) is 4.74 Å². The second-order valence-corrected chi connectivity index (χ2v) is 6.37. The third-order valence-electron chi connectivity index (χ3n) is 3.14. The van der Waals surface area contributed by atoms with Gasteiger partial charge in [0.05, 0.1) is 6.61 Å². The molecule has 1 unspecified atom stereocenters. The van der Waals surface area contributed by atoms with Gasteiger partial charge in [-0.15, -0.1) is 6.58 Å². The van der Waals surface area contributed by atoms with Crippen LogP contribution in [0.2, 0.25) is 0 Å². The van der Waals surface area contributed by atoms with Crippen LogP contribution in [0.1, 0.15) is 27.2 Å². The second-order valence-electron chi connectivity index (χ2n) is 5.45. The Kier molecular flexibility index (Phi) is 6.59. The Hall–Kier alpha value is -0.800. The van der Waals surface area contributed by atoms with Gasteiger partial charge in [0, 0.05) is 22.5 Å². The van der Waals surface area contributed by atoms with E-state index in [1.165, 1.54) is 0 Å². The van der Waals surface area contributed by atoms with E-state index in [2.05, 4.69) is 48.6 Å². The van der Waals surface area contributed by atoms with Crippen LogP contribution in [0.15, 0.2) is 41.4 Å². The van der Waals surface area contributed by atoms with Gasteiger partial charge in [0.25, 0.3) is 0 Å². The van der Waals surface area contributed by atoms with Crippen molar-refractivity contribution in [3.63, 3.8) is 0 Å². The van der Waals surface area contributed by atoms with E-state index >= 15 is 0 Å². The molecule has 0 aliphatic heterocycles. The fourth-order valence-corrected chi connectivity index (χ4v) is 2.04. The van der Waals surface area contributed by atoms with Gasteiger partial charge < -0.3 is 10.1 Å². The largest absolute Gasteiger partial charge is 0.494 e. The van der Waals surface area contributed by atoms with Crippen LogP contribution >= 0.6 is 15.9 Å². The summed E-state index contributed by atoms with van der Waals surface area (Å²) in [4.78, 5) is 0. The predicted octanol–water partition coefficient (Wildman–Crippen LogP) is 4.41. The van der Waals surface area contributed by atoms with E-state index in [9.17, 15) is 0 Å². The normalized spacial score (nSPS) is 14.2. The van der Waals surface area contributed by atoms with Crippen molar-refractivity contribution in [3.8, 4) is 5.75 Å². The van der Waals surface area contributed by atoms with Gasteiger partial charge in [-0.25, -0.2) is 0 Å². The maximum absolute atomic E-state index is 5.79. The van der Waals surface area contributed by atoms with Crippen molar-refractivity contribution in [2.45, 2.75) is 33.2 Å². The van der Waals surface area contributed by atoms with Gasteiger partial charge in [-0.3, -0.25) is 0 Å². The molecule has 19 heavy (non-hydrogen) atoms. The van der Waals surface area contributed by atoms with E-state index in [-0.39, 0.29) is 5.41 Å². The summed E-state index contributed by atoms with van der Waals surface area (Å²) in [6, 6.07) is 8.42. The Morgan fingerprint density at radius 1 is 1.47 bits per heavy atom. The highest BCUT2D eigenvalue weighted by molar-refractivity contribution is 9.10. The molecule has 0 saturated carbocycles. The number of hydrogen-bond donors (Lipinski definition) is 1. The Morgan fingerprint density at radius 3 is 2.79 bits per heavy atom. The molecule has 0 radical (unpaired) electrons. The zero-order chi connectivity index (χ0) is 14.3. The van der Waals surface area contributed by atoms with E-state index in [1.807, 2.05) is 30.3 Å². The summed E-state index contributed by atoms with van der Waals surface area (Å²) >= 11 is 3.44. The van der Waals surface area contributed by atoms with Gasteiger partial charge in [-0.2, -0.15) is 0 Å². The summed E-state index contributed by atoms with van der Waals surface area (Å²) < 4.78 is 6.83. The monoisotopic (exact) mass is 325 g/mol. The Labute approximate surface area is 125 Å². The minimum atomic E-state index is 0.0658. The summed E-state index contributed by atoms with van der Waals surface area (Å²) in [6.07, 6.45) is 2.97. The third kappa shape index (κ3) is 6.26. The number of nitrogens with one attached hydrogen (secondary N) is 1. The van der Waals surface area contributed by atoms with Gasteiger partial charge in [0.15, 0.2) is 0 Å². The summed E-state index contributed by atoms with van der Waals surface area (Å²) in [6.45, 7) is 12.1. The topological polar surface area (TPSA) is 21.3 Å². The molecule has 0 aromatic heterocycles. The molecule has 1 atom stereocenters. The SMILES string of the molecule is C=CC(C)(CCOc1cccc(Br)c1)CNC(C)C. The van der Waals surface area contributed by atoms with Crippen LogP contribution in [0.25, 0.3) is 0 Å². The molecule has 0 bridgehead atoms. The highest BCUT2D eigenvalue weighted by Gasteiger charge is 2.20. The zero-order valence-electron chi connectivity index (χ0n) is 12.1. The molecule has 106 valence electrons. The van der Waals surface area contributed by atoms with Crippen molar-refractivity contribution < 1.29 is 4.74 Å². The summed E-state index contributed by atoms with van der Waals surface area (Å²) in [5.74, 6) is 0.901. The van der Waals surface area contributed by atoms with Crippen molar-refractivity contribution in [2.24, 2.45) is 5.41 Å². The van der Waals surface area contributed by atoms with Gasteiger partial charge in [0.1, 0.15) is 5.75 Å². The molecule has 1 aromatic carbocycles. The number of hydrogen-bond acceptors (Lipinski definition) is 2. The number of halogens is 1. The number of ether oxygens (including phenoxy) is 1. The molecular formula is C16H24BrNO. The quantitative estimate of drug-likeness (QED) is 0.715. The average molecular weight is 326 g/mol. The van der Waals surface area contributed by atoms with Gasteiger partial charge in [0.2, 0.25) is 0 Å². The molecule has 3 heteroatoms. The molecule has 0 heterocycles. The Morgan fingerprint density at radius 2 is 2.21 bits per heavy atom. The highest BCUT2D eigenvalue weighted by Crippen LogP contribution is 2.23. The predicted molar refractivity (Wildman–Crippen MR) is 85.7 cm³/mol. The lowest BCUT2D eigenvalue weighted by Crippen LogP contribution is -2.35. The van der Waals surface area contributed by atoms with Crippen LogP contribution in [-0.4, -0.2) is 19.2 Å². The molecule has 0 amide bonds. The Bertz CT molecular complexity index is 405. The smallest absolute Gasteiger partial charge is 0.120 e. The fourth-order valence-electron chi connectivity index (χ4n) is 1.66. The van der Waals surface area contributed by atoms with Crippen LogP contribution in [-0.2, 0) is 0 Å². The first-order valence-electron chi connectivity index (χ1n) is 6.70. The van der Waals surface area contributed by atoms with Crippen molar-refractivity contribution >= 4 is 15.9 Å². The number of benzene rings is 1. The fraction of sp³-hybridized carbons (Fsp3) is 0.500. The van der Waals surface area contributed by atoms with Crippen molar-refractivity contribution in [1.82, 2.24) is 5.32 Å². The summed E-state index contributed by atoms with van der Waals surface area (Å²) in [5.41, 5.74) is 0.0658. The minimum Gasteiger partial charge on any atom is -0.494 e. The van der Waals surface area contributed by atoms with Crippen molar-refractivity contribution in [3.05, 3.63) is 41.4 Å². The van der Waals surface area contributed by atoms with Crippen LogP contribution in [0.3, 0.4) is 0 Å². The van der Waals surface area contributed by atoms with Crippen molar-refractivity contribution in [1.29, 1.82) is 0 Å². The molecule has 0 spiro atoms. The van der Waals surface area contributed by atoms with E-state index in [0.29, 0.717) is 12.6 Å². The second kappa shape index (κ2) is 7.71. The molecule has 2 nitrogen and oxygen atoms in total. The Balaban J connectivity index is 2.43. The summed E-state index contributed by atoms with van der Waals surface area (Å²) in [5, 5.41) is 3.46. The zero-order valence-corrected chi connectivity index (χ0v) is 13.7. The molecule has 0 fully saturated rings. The molecule has 0 aliphatic carbocycles. The van der Waals surface area contributed by atoms with E-state index in [1.54, 1.807) is 0 Å². The molecular weight excluding hydrogens is 302 g/mol. The third-order valence-corrected chi connectivity index (χ3v) is 3.64. The molecule has 1 N–H and O–H groups in total. The van der Waals surface area contributed by atoms with Gasteiger partial charge in [-0.1, -0.05) is 48.8 Å².